The lowest BCUT2D eigenvalue weighted by Crippen LogP contribution is -2.55. The molecule has 186 valence electrons. The number of ether oxygens (including phenoxy) is 2. The summed E-state index contributed by atoms with van der Waals surface area (Å²) in [6, 6.07) is 17.9. The summed E-state index contributed by atoms with van der Waals surface area (Å²) < 4.78 is 11.1. The molecule has 2 atom stereocenters. The number of urea groups is 1. The minimum Gasteiger partial charge on any atom is -0.489 e. The first-order valence-electron chi connectivity index (χ1n) is 12.0. The Morgan fingerprint density at radius 3 is 2.34 bits per heavy atom. The summed E-state index contributed by atoms with van der Waals surface area (Å²) in [5, 5.41) is 15.3. The van der Waals surface area contributed by atoms with Gasteiger partial charge in [-0.1, -0.05) is 56.3 Å². The van der Waals surface area contributed by atoms with Crippen LogP contribution < -0.4 is 15.4 Å². The van der Waals surface area contributed by atoms with Gasteiger partial charge in [-0.3, -0.25) is 4.79 Å². The molecule has 1 aliphatic heterocycles. The van der Waals surface area contributed by atoms with Crippen LogP contribution in [0.4, 0.5) is 4.79 Å². The van der Waals surface area contributed by atoms with Gasteiger partial charge in [0.05, 0.1) is 19.3 Å². The largest absolute Gasteiger partial charge is 0.489 e. The number of carbonyl (C=O) groups excluding carboxylic acids is 2. The van der Waals surface area contributed by atoms with Crippen LogP contribution >= 0.6 is 0 Å². The van der Waals surface area contributed by atoms with Gasteiger partial charge in [0.25, 0.3) is 0 Å². The maximum absolute atomic E-state index is 13.0. The summed E-state index contributed by atoms with van der Waals surface area (Å²) in [5.41, 5.74) is 1.99. The molecular formula is C27H34N4O4. The van der Waals surface area contributed by atoms with Gasteiger partial charge in [0, 0.05) is 19.5 Å². The molecule has 1 aliphatic rings. The second kappa shape index (κ2) is 13.4. The lowest BCUT2D eigenvalue weighted by molar-refractivity contribution is -0.123. The summed E-state index contributed by atoms with van der Waals surface area (Å²) in [7, 11) is 0. The molecular weight excluding hydrogens is 444 g/mol. The standard InChI is InChI=1S/C27H34N4O4/c1-20(2)16-25(30-27(33)31-12-14-34-15-13-31)26(32)29-23(18-28)17-21-8-10-24(11-9-21)35-19-22-6-4-3-5-7-22/h3-11,20,23,25H,12-17,19H2,1-2H3,(H,29,32)(H,30,33)/t23-,25-/m0/s1. The van der Waals surface area contributed by atoms with Crippen LogP contribution in [-0.2, 0) is 22.6 Å². The Balaban J connectivity index is 1.54. The van der Waals surface area contributed by atoms with Crippen LogP contribution in [0.25, 0.3) is 0 Å². The zero-order valence-electron chi connectivity index (χ0n) is 20.4. The van der Waals surface area contributed by atoms with Crippen molar-refractivity contribution >= 4 is 11.9 Å². The van der Waals surface area contributed by atoms with Gasteiger partial charge in [-0.15, -0.1) is 0 Å². The van der Waals surface area contributed by atoms with E-state index < -0.39 is 12.1 Å². The number of rotatable bonds is 10. The molecule has 0 bridgehead atoms. The second-order valence-corrected chi connectivity index (χ2v) is 9.04. The van der Waals surface area contributed by atoms with Crippen LogP contribution in [0.5, 0.6) is 5.75 Å². The van der Waals surface area contributed by atoms with Crippen molar-refractivity contribution in [1.29, 1.82) is 5.26 Å². The van der Waals surface area contributed by atoms with Crippen LogP contribution in [-0.4, -0.2) is 55.2 Å². The first-order valence-corrected chi connectivity index (χ1v) is 12.0. The summed E-state index contributed by atoms with van der Waals surface area (Å²) in [6.45, 7) is 6.42. The highest BCUT2D eigenvalue weighted by atomic mass is 16.5. The fourth-order valence-corrected chi connectivity index (χ4v) is 3.81. The van der Waals surface area contributed by atoms with Crippen LogP contribution in [0, 0.1) is 17.2 Å². The number of benzene rings is 2. The van der Waals surface area contributed by atoms with Crippen LogP contribution in [0.15, 0.2) is 54.6 Å². The quantitative estimate of drug-likeness (QED) is 0.546. The molecule has 3 rings (SSSR count). The van der Waals surface area contributed by atoms with Crippen molar-refractivity contribution in [2.45, 2.75) is 45.4 Å². The van der Waals surface area contributed by atoms with Crippen molar-refractivity contribution in [2.24, 2.45) is 5.92 Å². The number of hydrogen-bond donors (Lipinski definition) is 2. The van der Waals surface area contributed by atoms with Gasteiger partial charge in [-0.05, 0) is 35.6 Å². The van der Waals surface area contributed by atoms with Crippen molar-refractivity contribution in [3.63, 3.8) is 0 Å². The number of nitrogens with one attached hydrogen (secondary N) is 2. The van der Waals surface area contributed by atoms with Crippen molar-refractivity contribution in [2.75, 3.05) is 26.3 Å². The molecule has 1 heterocycles. The topological polar surface area (TPSA) is 104 Å². The summed E-state index contributed by atoms with van der Waals surface area (Å²) in [5.74, 6) is 0.576. The third-order valence-corrected chi connectivity index (χ3v) is 5.70. The molecule has 8 nitrogen and oxygen atoms in total. The summed E-state index contributed by atoms with van der Waals surface area (Å²) >= 11 is 0. The molecule has 2 aromatic carbocycles. The Labute approximate surface area is 207 Å². The SMILES string of the molecule is CC(C)C[C@H](NC(=O)N1CCOCC1)C(=O)N[C@H](C#N)Cc1ccc(OCc2ccccc2)cc1. The molecule has 0 aliphatic carbocycles. The van der Waals surface area contributed by atoms with E-state index in [1.54, 1.807) is 4.90 Å². The van der Waals surface area contributed by atoms with E-state index in [1.807, 2.05) is 68.4 Å². The third-order valence-electron chi connectivity index (χ3n) is 5.70. The first-order chi connectivity index (χ1) is 16.9. The van der Waals surface area contributed by atoms with E-state index in [4.69, 9.17) is 9.47 Å². The molecule has 1 fully saturated rings. The number of hydrogen-bond acceptors (Lipinski definition) is 5. The van der Waals surface area contributed by atoms with Gasteiger partial charge in [0.15, 0.2) is 0 Å². The van der Waals surface area contributed by atoms with Gasteiger partial charge in [0.1, 0.15) is 24.4 Å². The number of carbonyl (C=O) groups is 2. The molecule has 2 N–H and O–H groups in total. The minimum atomic E-state index is -0.714. The van der Waals surface area contributed by atoms with Gasteiger partial charge in [0.2, 0.25) is 5.91 Å². The highest BCUT2D eigenvalue weighted by Crippen LogP contribution is 2.16. The molecule has 0 unspecified atom stereocenters. The van der Waals surface area contributed by atoms with Crippen LogP contribution in [0.3, 0.4) is 0 Å². The Kier molecular flexibility index (Phi) is 9.93. The van der Waals surface area contributed by atoms with E-state index in [9.17, 15) is 14.9 Å². The van der Waals surface area contributed by atoms with Gasteiger partial charge < -0.3 is 25.0 Å². The average molecular weight is 479 g/mol. The maximum Gasteiger partial charge on any atom is 0.318 e. The number of nitrogens with zero attached hydrogens (tertiary/aromatic N) is 2. The zero-order valence-corrected chi connectivity index (χ0v) is 20.4. The molecule has 0 saturated carbocycles. The normalized spacial score (nSPS) is 15.1. The summed E-state index contributed by atoms with van der Waals surface area (Å²) in [6.07, 6.45) is 0.834. The van der Waals surface area contributed by atoms with Crippen LogP contribution in [0.2, 0.25) is 0 Å². The van der Waals surface area contributed by atoms with Crippen LogP contribution in [0.1, 0.15) is 31.4 Å². The lowest BCUT2D eigenvalue weighted by Gasteiger charge is -2.29. The molecule has 1 saturated heterocycles. The van der Waals surface area contributed by atoms with Crippen molar-refractivity contribution in [3.8, 4) is 11.8 Å². The highest BCUT2D eigenvalue weighted by molar-refractivity contribution is 5.87. The van der Waals surface area contributed by atoms with E-state index >= 15 is 0 Å². The summed E-state index contributed by atoms with van der Waals surface area (Å²) in [4.78, 5) is 27.3. The van der Waals surface area contributed by atoms with Crippen molar-refractivity contribution in [3.05, 3.63) is 65.7 Å². The first kappa shape index (κ1) is 26.0. The number of amides is 3. The Hall–Kier alpha value is -3.57. The third kappa shape index (κ3) is 8.62. The Morgan fingerprint density at radius 2 is 1.71 bits per heavy atom. The maximum atomic E-state index is 13.0. The van der Waals surface area contributed by atoms with E-state index in [-0.39, 0.29) is 17.9 Å². The minimum absolute atomic E-state index is 0.194. The lowest BCUT2D eigenvalue weighted by atomic mass is 10.0. The Bertz CT molecular complexity index is 982. The van der Waals surface area contributed by atoms with Gasteiger partial charge in [-0.2, -0.15) is 5.26 Å². The molecule has 0 spiro atoms. The fraction of sp³-hybridized carbons (Fsp3) is 0.444. The average Bonchev–Trinajstić information content (AvgIpc) is 2.88. The van der Waals surface area contributed by atoms with E-state index in [1.165, 1.54) is 0 Å². The van der Waals surface area contributed by atoms with Crippen molar-refractivity contribution in [1.82, 2.24) is 15.5 Å². The van der Waals surface area contributed by atoms with E-state index in [2.05, 4.69) is 16.7 Å². The number of morpholine rings is 1. The molecule has 2 aromatic rings. The van der Waals surface area contributed by atoms with E-state index in [0.29, 0.717) is 45.8 Å². The predicted octanol–water partition coefficient (Wildman–Crippen LogP) is 3.27. The van der Waals surface area contributed by atoms with Gasteiger partial charge >= 0.3 is 6.03 Å². The second-order valence-electron chi connectivity index (χ2n) is 9.04. The number of nitriles is 1. The molecule has 8 heteroatoms. The molecule has 35 heavy (non-hydrogen) atoms. The van der Waals surface area contributed by atoms with E-state index in [0.717, 1.165) is 16.9 Å². The highest BCUT2D eigenvalue weighted by Gasteiger charge is 2.27. The molecule has 0 radical (unpaired) electrons. The van der Waals surface area contributed by atoms with Crippen molar-refractivity contribution < 1.29 is 19.1 Å². The fourth-order valence-electron chi connectivity index (χ4n) is 3.81. The predicted molar refractivity (Wildman–Crippen MR) is 133 cm³/mol. The molecule has 3 amide bonds. The monoisotopic (exact) mass is 478 g/mol. The molecule has 0 aromatic heterocycles. The zero-order chi connectivity index (χ0) is 25.0. The Morgan fingerprint density at radius 1 is 1.03 bits per heavy atom. The smallest absolute Gasteiger partial charge is 0.318 e. The van der Waals surface area contributed by atoms with Gasteiger partial charge in [-0.25, -0.2) is 4.79 Å².